The van der Waals surface area contributed by atoms with Crippen molar-refractivity contribution in [2.24, 2.45) is 0 Å². The molecule has 1 N–H and O–H groups in total. The normalized spacial score (nSPS) is 16.9. The molecule has 1 aromatic rings. The molecule has 0 saturated carbocycles. The molecule has 0 fully saturated rings. The van der Waals surface area contributed by atoms with Gasteiger partial charge in [0.1, 0.15) is 5.82 Å². The minimum atomic E-state index is -0.430. The van der Waals surface area contributed by atoms with Gasteiger partial charge >= 0.3 is 0 Å². The Morgan fingerprint density at radius 3 is 2.77 bits per heavy atom. The monoisotopic (exact) mass is 492 g/mol. The van der Waals surface area contributed by atoms with Crippen molar-refractivity contribution >= 4 is 23.3 Å². The summed E-state index contributed by atoms with van der Waals surface area (Å²) in [7, 11) is 0. The van der Waals surface area contributed by atoms with E-state index < -0.39 is 5.82 Å². The van der Waals surface area contributed by atoms with E-state index in [1.54, 1.807) is 19.1 Å². The fourth-order valence-electron chi connectivity index (χ4n) is 3.90. The molecule has 182 valence electrons. The van der Waals surface area contributed by atoms with Crippen molar-refractivity contribution in [1.29, 1.82) is 0 Å². The van der Waals surface area contributed by atoms with Crippen LogP contribution >= 0.6 is 11.6 Å². The topological polar surface area (TPSA) is 49.4 Å². The number of Topliss-reactive ketones (excluding diaryl/α,β-unsaturated/α-hetero) is 1. The first-order chi connectivity index (χ1) is 16.9. The number of hydrogen-bond donors (Lipinski definition) is 1. The van der Waals surface area contributed by atoms with Gasteiger partial charge in [0.05, 0.1) is 11.6 Å². The second-order valence-electron chi connectivity index (χ2n) is 8.11. The largest absolute Gasteiger partial charge is 0.348 e. The molecule has 0 saturated heterocycles. The molecule has 4 rings (SSSR count). The zero-order chi connectivity index (χ0) is 25.4. The maximum Gasteiger partial charge on any atom is 0.247 e. The van der Waals surface area contributed by atoms with Crippen molar-refractivity contribution < 1.29 is 14.0 Å². The summed E-state index contributed by atoms with van der Waals surface area (Å²) in [5, 5.41) is 3.07. The van der Waals surface area contributed by atoms with Crippen LogP contribution in [0, 0.1) is 5.82 Å². The Kier molecular flexibility index (Phi) is 9.21. The van der Waals surface area contributed by atoms with Crippen molar-refractivity contribution in [3.63, 3.8) is 0 Å². The zero-order valence-corrected chi connectivity index (χ0v) is 21.0. The Labute approximate surface area is 211 Å². The summed E-state index contributed by atoms with van der Waals surface area (Å²) >= 11 is 5.92. The fraction of sp³-hybridized carbons (Fsp3) is 0.241. The third kappa shape index (κ3) is 6.58. The standard InChI is InChI=1S/C27H24ClFN2O2.C2H6/c1-18-13-22(15-30-27(33)20-7-4-2-3-5-8-20)24-12-11-19(16-31(24)17-25(18)32)14-21-9-6-10-23(28)26(21)29;1-2/h2-7,9-13,16H,8,14-15,17H2,1H3,(H,30,33);1-2H3. The number of rotatable bonds is 5. The summed E-state index contributed by atoms with van der Waals surface area (Å²) in [6, 6.07) is 4.94. The summed E-state index contributed by atoms with van der Waals surface area (Å²) in [6.07, 6.45) is 17.8. The molecule has 2 aliphatic heterocycles. The average Bonchev–Trinajstić information content (AvgIpc) is 3.20. The van der Waals surface area contributed by atoms with Crippen LogP contribution < -0.4 is 5.32 Å². The molecule has 2 heterocycles. The molecule has 1 aromatic carbocycles. The molecule has 0 spiro atoms. The van der Waals surface area contributed by atoms with E-state index in [0.717, 1.165) is 16.8 Å². The summed E-state index contributed by atoms with van der Waals surface area (Å²) in [4.78, 5) is 27.1. The minimum Gasteiger partial charge on any atom is -0.348 e. The smallest absolute Gasteiger partial charge is 0.247 e. The van der Waals surface area contributed by atoms with Gasteiger partial charge in [0.25, 0.3) is 0 Å². The number of halogens is 2. The molecule has 3 aliphatic rings. The van der Waals surface area contributed by atoms with Crippen molar-refractivity contribution in [2.75, 3.05) is 13.1 Å². The van der Waals surface area contributed by atoms with E-state index in [-0.39, 0.29) is 29.8 Å². The molecule has 0 bridgehead atoms. The maximum atomic E-state index is 14.4. The highest BCUT2D eigenvalue weighted by Gasteiger charge is 2.23. The number of nitrogens with one attached hydrogen (secondary N) is 1. The first kappa shape index (κ1) is 26.2. The summed E-state index contributed by atoms with van der Waals surface area (Å²) in [5.74, 6) is -0.574. The molecule has 0 unspecified atom stereocenters. The van der Waals surface area contributed by atoms with Crippen LogP contribution in [0.15, 0.2) is 101 Å². The highest BCUT2D eigenvalue weighted by Crippen LogP contribution is 2.28. The predicted octanol–water partition coefficient (Wildman–Crippen LogP) is 6.15. The third-order valence-corrected chi connectivity index (χ3v) is 6.00. The second kappa shape index (κ2) is 12.3. The molecule has 0 radical (unpaired) electrons. The molecule has 1 aliphatic carbocycles. The van der Waals surface area contributed by atoms with Crippen LogP contribution in [-0.4, -0.2) is 29.7 Å². The molecule has 4 nitrogen and oxygen atoms in total. The van der Waals surface area contributed by atoms with Gasteiger partial charge in [-0.3, -0.25) is 9.59 Å². The Morgan fingerprint density at radius 2 is 1.97 bits per heavy atom. The fourth-order valence-corrected chi connectivity index (χ4v) is 4.09. The van der Waals surface area contributed by atoms with Crippen LogP contribution in [0.4, 0.5) is 4.39 Å². The number of hydrogen-bond acceptors (Lipinski definition) is 3. The number of carbonyl (C=O) groups excluding carboxylic acids is 2. The van der Waals surface area contributed by atoms with Crippen molar-refractivity contribution in [2.45, 2.75) is 33.6 Å². The zero-order valence-electron chi connectivity index (χ0n) is 20.3. The molecule has 6 heteroatoms. The third-order valence-electron chi connectivity index (χ3n) is 5.71. The molecule has 0 aromatic heterocycles. The summed E-state index contributed by atoms with van der Waals surface area (Å²) in [5.41, 5.74) is 4.34. The lowest BCUT2D eigenvalue weighted by molar-refractivity contribution is -0.117. The number of fused-ring (bicyclic) bond motifs is 1. The van der Waals surface area contributed by atoms with Crippen LogP contribution in [0.25, 0.3) is 0 Å². The Morgan fingerprint density at radius 1 is 1.17 bits per heavy atom. The lowest BCUT2D eigenvalue weighted by Gasteiger charge is -2.26. The van der Waals surface area contributed by atoms with E-state index in [1.165, 1.54) is 6.07 Å². The number of nitrogens with zero attached hydrogens (tertiary/aromatic N) is 1. The Bertz CT molecular complexity index is 1220. The first-order valence-electron chi connectivity index (χ1n) is 11.8. The van der Waals surface area contributed by atoms with Crippen LogP contribution in [0.5, 0.6) is 0 Å². The molecule has 0 atom stereocenters. The van der Waals surface area contributed by atoms with Gasteiger partial charge in [-0.25, -0.2) is 4.39 Å². The van der Waals surface area contributed by atoms with Crippen molar-refractivity contribution in [3.8, 4) is 0 Å². The van der Waals surface area contributed by atoms with Gasteiger partial charge in [0.2, 0.25) is 5.91 Å². The second-order valence-corrected chi connectivity index (χ2v) is 8.51. The van der Waals surface area contributed by atoms with Crippen LogP contribution in [0.3, 0.4) is 0 Å². The Hall–Kier alpha value is -3.44. The number of ketones is 1. The van der Waals surface area contributed by atoms with Gasteiger partial charge in [-0.2, -0.15) is 0 Å². The lowest BCUT2D eigenvalue weighted by Crippen LogP contribution is -2.29. The first-order valence-corrected chi connectivity index (χ1v) is 12.1. The van der Waals surface area contributed by atoms with Crippen molar-refractivity contribution in [3.05, 3.63) is 117 Å². The van der Waals surface area contributed by atoms with Gasteiger partial charge in [-0.1, -0.05) is 74.0 Å². The molecular weight excluding hydrogens is 463 g/mol. The van der Waals surface area contributed by atoms with Crippen LogP contribution in [-0.2, 0) is 16.0 Å². The molecule has 35 heavy (non-hydrogen) atoms. The van der Waals surface area contributed by atoms with E-state index in [1.807, 2.05) is 73.6 Å². The maximum absolute atomic E-state index is 14.4. The van der Waals surface area contributed by atoms with E-state index in [2.05, 4.69) is 5.32 Å². The van der Waals surface area contributed by atoms with Gasteiger partial charge in [-0.15, -0.1) is 0 Å². The van der Waals surface area contributed by atoms with E-state index in [0.29, 0.717) is 29.6 Å². The van der Waals surface area contributed by atoms with Gasteiger partial charge in [-0.05, 0) is 53.8 Å². The summed E-state index contributed by atoms with van der Waals surface area (Å²) < 4.78 is 14.4. The van der Waals surface area contributed by atoms with Gasteiger partial charge in [0, 0.05) is 30.4 Å². The van der Waals surface area contributed by atoms with Gasteiger partial charge < -0.3 is 10.2 Å². The van der Waals surface area contributed by atoms with E-state index in [9.17, 15) is 14.0 Å². The highest BCUT2D eigenvalue weighted by molar-refractivity contribution is 6.30. The lowest BCUT2D eigenvalue weighted by atomic mass is 10.0. The molecule has 1 amide bonds. The SMILES string of the molecule is CC.CC1=CC(CNC(=O)C2=CC=CC=CC2)=C2C=CC(Cc3cccc(Cl)c3F)=CN2CC1=O. The van der Waals surface area contributed by atoms with E-state index >= 15 is 0 Å². The predicted molar refractivity (Wildman–Crippen MR) is 140 cm³/mol. The minimum absolute atomic E-state index is 0.00425. The number of allylic oxidation sites excluding steroid dienone is 8. The quantitative estimate of drug-likeness (QED) is 0.536. The number of benzene rings is 1. The average molecular weight is 493 g/mol. The van der Waals surface area contributed by atoms with Crippen molar-refractivity contribution in [1.82, 2.24) is 10.2 Å². The number of amides is 1. The van der Waals surface area contributed by atoms with E-state index in [4.69, 9.17) is 11.6 Å². The number of carbonyl (C=O) groups is 2. The van der Waals surface area contributed by atoms with Crippen LogP contribution in [0.2, 0.25) is 5.02 Å². The van der Waals surface area contributed by atoms with Crippen LogP contribution in [0.1, 0.15) is 32.8 Å². The summed E-state index contributed by atoms with van der Waals surface area (Å²) in [6.45, 7) is 6.25. The highest BCUT2D eigenvalue weighted by atomic mass is 35.5. The van der Waals surface area contributed by atoms with Gasteiger partial charge in [0.15, 0.2) is 5.78 Å². The molecular formula is C29H30ClFN2O2. The Balaban J connectivity index is 0.00000167.